The number of halogens is 1. The number of hydrogen-bond donors (Lipinski definition) is 0. The second-order valence-electron chi connectivity index (χ2n) is 6.56. The van der Waals surface area contributed by atoms with Crippen LogP contribution in [0.5, 0.6) is 0 Å². The van der Waals surface area contributed by atoms with Crippen LogP contribution in [0.25, 0.3) is 11.5 Å². The van der Waals surface area contributed by atoms with E-state index in [-0.39, 0.29) is 4.90 Å². The molecule has 28 heavy (non-hydrogen) atoms. The Bertz CT molecular complexity index is 1060. The van der Waals surface area contributed by atoms with Crippen molar-refractivity contribution in [2.45, 2.75) is 11.8 Å². The van der Waals surface area contributed by atoms with Crippen molar-refractivity contribution in [3.05, 3.63) is 60.1 Å². The van der Waals surface area contributed by atoms with E-state index < -0.39 is 15.8 Å². The number of aryl methyl sites for hydroxylation is 1. The maximum atomic E-state index is 13.5. The van der Waals surface area contributed by atoms with Crippen molar-refractivity contribution in [2.75, 3.05) is 31.1 Å². The molecule has 3 heterocycles. The third-order valence-corrected chi connectivity index (χ3v) is 6.65. The molecule has 0 atom stereocenters. The van der Waals surface area contributed by atoms with Crippen molar-refractivity contribution in [1.82, 2.24) is 14.5 Å². The highest BCUT2D eigenvalue weighted by Gasteiger charge is 2.29. The van der Waals surface area contributed by atoms with Crippen LogP contribution in [-0.2, 0) is 10.0 Å². The minimum absolute atomic E-state index is 0.113. The van der Waals surface area contributed by atoms with Gasteiger partial charge in [-0.2, -0.15) is 4.31 Å². The number of sulfonamides is 1. The predicted octanol–water partition coefficient (Wildman–Crippen LogP) is 2.70. The lowest BCUT2D eigenvalue weighted by Crippen LogP contribution is -2.49. The summed E-state index contributed by atoms with van der Waals surface area (Å²) in [5.41, 5.74) is 0.952. The first-order valence-corrected chi connectivity index (χ1v) is 10.3. The summed E-state index contributed by atoms with van der Waals surface area (Å²) in [6.45, 7) is 3.18. The molecule has 0 unspecified atom stereocenters. The summed E-state index contributed by atoms with van der Waals surface area (Å²) in [5, 5.41) is 8.41. The zero-order chi connectivity index (χ0) is 19.7. The van der Waals surface area contributed by atoms with Crippen LogP contribution >= 0.6 is 0 Å². The van der Waals surface area contributed by atoms with E-state index >= 15 is 0 Å². The molecule has 0 spiro atoms. The number of rotatable bonds is 4. The Hall–Kier alpha value is -2.78. The molecule has 0 N–H and O–H groups in total. The number of nitrogens with zero attached hydrogens (tertiary/aromatic N) is 4. The lowest BCUT2D eigenvalue weighted by molar-refractivity contribution is 0.383. The zero-order valence-corrected chi connectivity index (χ0v) is 16.1. The van der Waals surface area contributed by atoms with Crippen molar-refractivity contribution >= 4 is 15.8 Å². The van der Waals surface area contributed by atoms with Gasteiger partial charge >= 0.3 is 0 Å². The fourth-order valence-electron chi connectivity index (χ4n) is 3.13. The molecular weight excluding hydrogens is 383 g/mol. The van der Waals surface area contributed by atoms with Gasteiger partial charge in [-0.25, -0.2) is 12.8 Å². The minimum Gasteiger partial charge on any atom is -0.463 e. The first-order chi connectivity index (χ1) is 13.4. The molecule has 1 fully saturated rings. The molecule has 1 aromatic carbocycles. The van der Waals surface area contributed by atoms with Gasteiger partial charge in [0.25, 0.3) is 0 Å². The van der Waals surface area contributed by atoms with E-state index in [1.54, 1.807) is 19.3 Å². The van der Waals surface area contributed by atoms with Crippen LogP contribution in [0.2, 0.25) is 0 Å². The first-order valence-electron chi connectivity index (χ1n) is 8.84. The third-order valence-electron chi connectivity index (χ3n) is 4.75. The Morgan fingerprint density at radius 1 is 1.04 bits per heavy atom. The Morgan fingerprint density at radius 2 is 1.82 bits per heavy atom. The third kappa shape index (κ3) is 3.50. The van der Waals surface area contributed by atoms with Crippen LogP contribution in [0.4, 0.5) is 10.2 Å². The fraction of sp³-hybridized carbons (Fsp3) is 0.263. The summed E-state index contributed by atoms with van der Waals surface area (Å²) < 4.78 is 45.8. The van der Waals surface area contributed by atoms with Gasteiger partial charge in [0.2, 0.25) is 10.0 Å². The Labute approximate surface area is 162 Å². The van der Waals surface area contributed by atoms with Gasteiger partial charge < -0.3 is 9.32 Å². The quantitative estimate of drug-likeness (QED) is 0.668. The summed E-state index contributed by atoms with van der Waals surface area (Å²) in [7, 11) is -3.65. The van der Waals surface area contributed by atoms with Gasteiger partial charge in [0.1, 0.15) is 11.5 Å². The van der Waals surface area contributed by atoms with Crippen molar-refractivity contribution in [3.8, 4) is 11.5 Å². The second-order valence-corrected chi connectivity index (χ2v) is 8.49. The van der Waals surface area contributed by atoms with Gasteiger partial charge in [0, 0.05) is 26.2 Å². The number of furan rings is 1. The van der Waals surface area contributed by atoms with Gasteiger partial charge in [0.05, 0.1) is 11.2 Å². The van der Waals surface area contributed by atoms with Gasteiger partial charge in [-0.1, -0.05) is 0 Å². The summed E-state index contributed by atoms with van der Waals surface area (Å²) in [6, 6.07) is 11.1. The number of aromatic nitrogens is 2. The summed E-state index contributed by atoms with van der Waals surface area (Å²) >= 11 is 0. The Kier molecular flexibility index (Phi) is 4.86. The number of hydrogen-bond acceptors (Lipinski definition) is 6. The average Bonchev–Trinajstić information content (AvgIpc) is 3.25. The molecule has 3 aromatic rings. The number of anilines is 1. The number of benzene rings is 1. The van der Waals surface area contributed by atoms with Gasteiger partial charge in [-0.15, -0.1) is 10.2 Å². The molecule has 1 saturated heterocycles. The molecule has 2 aromatic heterocycles. The molecule has 9 heteroatoms. The van der Waals surface area contributed by atoms with Crippen LogP contribution < -0.4 is 4.90 Å². The SMILES string of the molecule is Cc1cc(S(=O)(=O)N2CCN(c3ccc(-c4ccco4)nn3)CC2)ccc1F. The molecule has 0 saturated carbocycles. The van der Waals surface area contributed by atoms with E-state index in [2.05, 4.69) is 10.2 Å². The van der Waals surface area contributed by atoms with E-state index in [0.29, 0.717) is 49.0 Å². The highest BCUT2D eigenvalue weighted by molar-refractivity contribution is 7.89. The molecule has 146 valence electrons. The fourth-order valence-corrected chi connectivity index (χ4v) is 4.64. The zero-order valence-electron chi connectivity index (χ0n) is 15.2. The van der Waals surface area contributed by atoms with Crippen LogP contribution in [0, 0.1) is 12.7 Å². The second kappa shape index (κ2) is 7.33. The molecule has 1 aliphatic rings. The maximum Gasteiger partial charge on any atom is 0.243 e. The molecule has 0 aliphatic carbocycles. The van der Waals surface area contributed by atoms with Crippen molar-refractivity contribution in [1.29, 1.82) is 0 Å². The van der Waals surface area contributed by atoms with Gasteiger partial charge in [-0.05, 0) is 55.0 Å². The van der Waals surface area contributed by atoms with Crippen LogP contribution in [0.15, 0.2) is 58.0 Å². The normalized spacial score (nSPS) is 15.7. The van der Waals surface area contributed by atoms with Crippen LogP contribution in [-0.4, -0.2) is 49.1 Å². The molecule has 0 radical (unpaired) electrons. The lowest BCUT2D eigenvalue weighted by atomic mass is 10.2. The standard InChI is InChI=1S/C19H19FN4O3S/c1-14-13-15(4-5-16(14)20)28(25,26)24-10-8-23(9-11-24)19-7-6-17(21-22-19)18-3-2-12-27-18/h2-7,12-13H,8-11H2,1H3. The lowest BCUT2D eigenvalue weighted by Gasteiger charge is -2.34. The molecular formula is C19H19FN4O3S. The monoisotopic (exact) mass is 402 g/mol. The molecule has 4 rings (SSSR count). The highest BCUT2D eigenvalue weighted by Crippen LogP contribution is 2.23. The maximum absolute atomic E-state index is 13.5. The smallest absolute Gasteiger partial charge is 0.243 e. The Morgan fingerprint density at radius 3 is 2.43 bits per heavy atom. The van der Waals surface area contributed by atoms with E-state index in [1.165, 1.54) is 22.5 Å². The number of piperazine rings is 1. The van der Waals surface area contributed by atoms with E-state index in [1.807, 2.05) is 23.1 Å². The first kappa shape index (κ1) is 18.6. The topological polar surface area (TPSA) is 79.5 Å². The average molecular weight is 402 g/mol. The van der Waals surface area contributed by atoms with Crippen molar-refractivity contribution in [2.24, 2.45) is 0 Å². The van der Waals surface area contributed by atoms with Gasteiger partial charge in [0.15, 0.2) is 11.6 Å². The highest BCUT2D eigenvalue weighted by atomic mass is 32.2. The van der Waals surface area contributed by atoms with Crippen molar-refractivity contribution < 1.29 is 17.2 Å². The van der Waals surface area contributed by atoms with E-state index in [4.69, 9.17) is 4.42 Å². The molecule has 0 amide bonds. The predicted molar refractivity (Wildman–Crippen MR) is 102 cm³/mol. The van der Waals surface area contributed by atoms with E-state index in [0.717, 1.165) is 0 Å². The van der Waals surface area contributed by atoms with Gasteiger partial charge in [-0.3, -0.25) is 0 Å². The van der Waals surface area contributed by atoms with Crippen LogP contribution in [0.1, 0.15) is 5.56 Å². The summed E-state index contributed by atoms with van der Waals surface area (Å²) in [4.78, 5) is 2.10. The molecule has 7 nitrogen and oxygen atoms in total. The molecule has 0 bridgehead atoms. The van der Waals surface area contributed by atoms with Crippen molar-refractivity contribution in [3.63, 3.8) is 0 Å². The van der Waals surface area contributed by atoms with E-state index in [9.17, 15) is 12.8 Å². The largest absolute Gasteiger partial charge is 0.463 e. The summed E-state index contributed by atoms with van der Waals surface area (Å²) in [5.74, 6) is 0.912. The molecule has 1 aliphatic heterocycles. The Balaban J connectivity index is 1.44. The van der Waals surface area contributed by atoms with Crippen LogP contribution in [0.3, 0.4) is 0 Å². The summed E-state index contributed by atoms with van der Waals surface area (Å²) in [6.07, 6.45) is 1.58. The minimum atomic E-state index is -3.65.